The van der Waals surface area contributed by atoms with Crippen molar-refractivity contribution in [3.8, 4) is 11.1 Å². The number of benzene rings is 3. The molecule has 0 aliphatic carbocycles. The first-order valence-corrected chi connectivity index (χ1v) is 9.47. The van der Waals surface area contributed by atoms with Crippen LogP contribution in [0.1, 0.15) is 20.7 Å². The quantitative estimate of drug-likeness (QED) is 0.456. The lowest BCUT2D eigenvalue weighted by Crippen LogP contribution is -2.20. The van der Waals surface area contributed by atoms with E-state index in [4.69, 9.17) is 21.7 Å². The fourth-order valence-electron chi connectivity index (χ4n) is 2.92. The fourth-order valence-corrected chi connectivity index (χ4v) is 3.15. The van der Waals surface area contributed by atoms with Gasteiger partial charge in [0.05, 0.1) is 25.3 Å². The zero-order chi connectivity index (χ0) is 21.5. The van der Waals surface area contributed by atoms with E-state index in [-0.39, 0.29) is 11.1 Å². The summed E-state index contributed by atoms with van der Waals surface area (Å²) in [5, 5.41) is 6.49. The molecule has 0 radical (unpaired) electrons. The van der Waals surface area contributed by atoms with Gasteiger partial charge < -0.3 is 20.1 Å². The zero-order valence-electron chi connectivity index (χ0n) is 16.5. The Labute approximate surface area is 179 Å². The molecular weight excluding hydrogens is 400 g/mol. The van der Waals surface area contributed by atoms with Gasteiger partial charge in [0.2, 0.25) is 0 Å². The molecule has 3 rings (SSSR count). The van der Waals surface area contributed by atoms with Gasteiger partial charge in [-0.1, -0.05) is 48.5 Å². The van der Waals surface area contributed by atoms with Gasteiger partial charge in [0.25, 0.3) is 0 Å². The number of anilines is 2. The number of esters is 2. The molecule has 0 unspecified atom stereocenters. The van der Waals surface area contributed by atoms with Crippen LogP contribution in [0.25, 0.3) is 11.1 Å². The van der Waals surface area contributed by atoms with Crippen molar-refractivity contribution >= 4 is 40.6 Å². The molecule has 0 aromatic heterocycles. The maximum absolute atomic E-state index is 12.0. The Morgan fingerprint density at radius 2 is 1.33 bits per heavy atom. The highest BCUT2D eigenvalue weighted by Gasteiger charge is 2.15. The van der Waals surface area contributed by atoms with E-state index >= 15 is 0 Å². The average Bonchev–Trinajstić information content (AvgIpc) is 2.78. The molecule has 2 N–H and O–H groups in total. The lowest BCUT2D eigenvalue weighted by Gasteiger charge is -2.15. The Morgan fingerprint density at radius 3 is 1.93 bits per heavy atom. The lowest BCUT2D eigenvalue weighted by molar-refractivity contribution is 0.0599. The number of para-hydroxylation sites is 1. The molecule has 0 spiro atoms. The van der Waals surface area contributed by atoms with Gasteiger partial charge in [-0.15, -0.1) is 0 Å². The van der Waals surface area contributed by atoms with Gasteiger partial charge >= 0.3 is 11.9 Å². The van der Waals surface area contributed by atoms with E-state index in [1.165, 1.54) is 20.3 Å². The van der Waals surface area contributed by atoms with E-state index in [2.05, 4.69) is 10.6 Å². The Bertz CT molecular complexity index is 1050. The molecule has 30 heavy (non-hydrogen) atoms. The van der Waals surface area contributed by atoms with E-state index in [0.29, 0.717) is 10.8 Å². The average molecular weight is 420 g/mol. The largest absolute Gasteiger partial charge is 0.465 e. The van der Waals surface area contributed by atoms with Crippen molar-refractivity contribution in [2.24, 2.45) is 0 Å². The van der Waals surface area contributed by atoms with Crippen molar-refractivity contribution in [2.45, 2.75) is 0 Å². The van der Waals surface area contributed by atoms with Gasteiger partial charge in [-0.05, 0) is 42.0 Å². The topological polar surface area (TPSA) is 76.7 Å². The van der Waals surface area contributed by atoms with Crippen LogP contribution in [0.3, 0.4) is 0 Å². The first kappa shape index (κ1) is 21.0. The molecule has 0 saturated heterocycles. The Morgan fingerprint density at radius 1 is 0.767 bits per heavy atom. The smallest absolute Gasteiger partial charge is 0.337 e. The highest BCUT2D eigenvalue weighted by molar-refractivity contribution is 7.80. The molecule has 0 heterocycles. The van der Waals surface area contributed by atoms with Crippen LogP contribution in [0.5, 0.6) is 0 Å². The minimum atomic E-state index is -0.572. The zero-order valence-corrected chi connectivity index (χ0v) is 17.3. The molecule has 3 aromatic carbocycles. The molecule has 0 bridgehead atoms. The number of thiocarbonyl (C=S) groups is 1. The van der Waals surface area contributed by atoms with Crippen LogP contribution < -0.4 is 10.6 Å². The van der Waals surface area contributed by atoms with Crippen LogP contribution >= 0.6 is 12.2 Å². The van der Waals surface area contributed by atoms with Gasteiger partial charge in [0.15, 0.2) is 5.11 Å². The minimum absolute atomic E-state index is 0.204. The molecule has 0 amide bonds. The van der Waals surface area contributed by atoms with Crippen molar-refractivity contribution in [3.63, 3.8) is 0 Å². The Hall–Kier alpha value is -3.71. The third-order valence-electron chi connectivity index (χ3n) is 4.29. The molecule has 0 saturated carbocycles. The van der Waals surface area contributed by atoms with E-state index in [1.807, 2.05) is 54.6 Å². The second-order valence-electron chi connectivity index (χ2n) is 6.27. The summed E-state index contributed by atoms with van der Waals surface area (Å²) in [6, 6.07) is 22.2. The summed E-state index contributed by atoms with van der Waals surface area (Å²) in [5.74, 6) is -1.14. The van der Waals surface area contributed by atoms with Gasteiger partial charge in [-0.2, -0.15) is 0 Å². The van der Waals surface area contributed by atoms with Crippen LogP contribution in [-0.4, -0.2) is 31.3 Å². The summed E-state index contributed by atoms with van der Waals surface area (Å²) < 4.78 is 9.52. The molecule has 0 atom stereocenters. The van der Waals surface area contributed by atoms with Gasteiger partial charge in [0.1, 0.15) is 0 Å². The predicted octanol–water partition coefficient (Wildman–Crippen LogP) is 4.74. The molecule has 6 nitrogen and oxygen atoms in total. The van der Waals surface area contributed by atoms with E-state index in [9.17, 15) is 9.59 Å². The number of carbonyl (C=O) groups excluding carboxylic acids is 2. The highest BCUT2D eigenvalue weighted by Crippen LogP contribution is 2.27. The van der Waals surface area contributed by atoms with E-state index in [1.54, 1.807) is 12.1 Å². The standard InChI is InChI=1S/C23H20N2O4S/c1-28-21(26)16-12-17(22(27)29-2)14-18(13-16)24-23(30)25-20-11-7-6-10-19(20)15-8-4-3-5-9-15/h3-14H,1-2H3,(H2,24,25,30). The number of methoxy groups -OCH3 is 2. The Balaban J connectivity index is 1.85. The van der Waals surface area contributed by atoms with Crippen molar-refractivity contribution in [2.75, 3.05) is 24.9 Å². The summed E-state index contributed by atoms with van der Waals surface area (Å²) >= 11 is 5.45. The maximum Gasteiger partial charge on any atom is 0.337 e. The number of carbonyl (C=O) groups is 2. The number of hydrogen-bond acceptors (Lipinski definition) is 5. The number of rotatable bonds is 5. The number of hydrogen-bond donors (Lipinski definition) is 2. The molecule has 152 valence electrons. The van der Waals surface area contributed by atoms with Crippen LogP contribution in [0.15, 0.2) is 72.8 Å². The summed E-state index contributed by atoms with van der Waals surface area (Å²) in [6.45, 7) is 0. The van der Waals surface area contributed by atoms with Crippen LogP contribution in [-0.2, 0) is 9.47 Å². The SMILES string of the molecule is COC(=O)c1cc(NC(=S)Nc2ccccc2-c2ccccc2)cc(C(=O)OC)c1. The van der Waals surface area contributed by atoms with Crippen molar-refractivity contribution in [3.05, 3.63) is 83.9 Å². The van der Waals surface area contributed by atoms with Crippen molar-refractivity contribution < 1.29 is 19.1 Å². The minimum Gasteiger partial charge on any atom is -0.465 e. The first-order valence-electron chi connectivity index (χ1n) is 9.06. The molecule has 7 heteroatoms. The van der Waals surface area contributed by atoms with Gasteiger partial charge in [0, 0.05) is 16.9 Å². The lowest BCUT2D eigenvalue weighted by atomic mass is 10.0. The second kappa shape index (κ2) is 9.67. The van der Waals surface area contributed by atoms with E-state index in [0.717, 1.165) is 16.8 Å². The number of ether oxygens (including phenoxy) is 2. The molecule has 0 aliphatic heterocycles. The molecular formula is C23H20N2O4S. The van der Waals surface area contributed by atoms with Crippen LogP contribution in [0.4, 0.5) is 11.4 Å². The third-order valence-corrected chi connectivity index (χ3v) is 4.50. The normalized spacial score (nSPS) is 10.1. The molecule has 0 aliphatic rings. The van der Waals surface area contributed by atoms with E-state index < -0.39 is 11.9 Å². The summed E-state index contributed by atoms with van der Waals surface area (Å²) in [5.41, 5.74) is 3.71. The highest BCUT2D eigenvalue weighted by atomic mass is 32.1. The first-order chi connectivity index (χ1) is 14.5. The molecule has 0 fully saturated rings. The second-order valence-corrected chi connectivity index (χ2v) is 6.68. The molecule has 3 aromatic rings. The maximum atomic E-state index is 12.0. The summed E-state index contributed by atoms with van der Waals surface area (Å²) in [6.07, 6.45) is 0. The summed E-state index contributed by atoms with van der Waals surface area (Å²) in [7, 11) is 2.54. The Kier molecular flexibility index (Phi) is 6.77. The predicted molar refractivity (Wildman–Crippen MR) is 121 cm³/mol. The van der Waals surface area contributed by atoms with Crippen molar-refractivity contribution in [1.29, 1.82) is 0 Å². The summed E-state index contributed by atoms with van der Waals surface area (Å²) in [4.78, 5) is 23.9. The van der Waals surface area contributed by atoms with Crippen LogP contribution in [0, 0.1) is 0 Å². The monoisotopic (exact) mass is 420 g/mol. The third kappa shape index (κ3) is 5.01. The van der Waals surface area contributed by atoms with Crippen molar-refractivity contribution in [1.82, 2.24) is 0 Å². The number of nitrogens with one attached hydrogen (secondary N) is 2. The fraction of sp³-hybridized carbons (Fsp3) is 0.0870. The van der Waals surface area contributed by atoms with Crippen LogP contribution in [0.2, 0.25) is 0 Å². The van der Waals surface area contributed by atoms with Gasteiger partial charge in [-0.25, -0.2) is 9.59 Å². The van der Waals surface area contributed by atoms with Gasteiger partial charge in [-0.3, -0.25) is 0 Å².